The maximum Gasteiger partial charge on any atom is 0.416 e. The van der Waals surface area contributed by atoms with Gasteiger partial charge in [-0.05, 0) is 73.8 Å². The van der Waals surface area contributed by atoms with Crippen molar-refractivity contribution in [2.75, 3.05) is 26.0 Å². The molecule has 0 bridgehead atoms. The highest BCUT2D eigenvalue weighted by atomic mass is 32.2. The zero-order valence-electron chi connectivity index (χ0n) is 27.2. The third-order valence-electron chi connectivity index (χ3n) is 8.55. The topological polar surface area (TPSA) is 69.6 Å². The summed E-state index contributed by atoms with van der Waals surface area (Å²) >= 11 is 1.11. The summed E-state index contributed by atoms with van der Waals surface area (Å²) in [6, 6.07) is 7.71. The van der Waals surface area contributed by atoms with Gasteiger partial charge in [0.05, 0.1) is 42.0 Å². The van der Waals surface area contributed by atoms with Crippen LogP contribution in [0.15, 0.2) is 64.4 Å². The normalized spacial score (nSPS) is 14.8. The zero-order valence-corrected chi connectivity index (χ0v) is 28.0. The largest absolute Gasteiger partial charge is 0.494 e. The van der Waals surface area contributed by atoms with E-state index in [1.54, 1.807) is 6.92 Å². The van der Waals surface area contributed by atoms with Crippen LogP contribution in [0.3, 0.4) is 0 Å². The van der Waals surface area contributed by atoms with E-state index in [1.807, 2.05) is 0 Å². The van der Waals surface area contributed by atoms with Crippen LogP contribution in [-0.4, -0.2) is 36.6 Å². The van der Waals surface area contributed by atoms with E-state index < -0.39 is 70.6 Å². The van der Waals surface area contributed by atoms with Gasteiger partial charge in [-0.3, -0.25) is 14.2 Å². The van der Waals surface area contributed by atoms with Crippen molar-refractivity contribution in [1.29, 1.82) is 0 Å². The molecule has 0 fully saturated rings. The molecule has 3 aromatic carbocycles. The van der Waals surface area contributed by atoms with E-state index in [2.05, 4.69) is 5.32 Å². The predicted molar refractivity (Wildman–Crippen MR) is 174 cm³/mol. The second-order valence-electron chi connectivity index (χ2n) is 11.6. The zero-order chi connectivity index (χ0) is 36.3. The summed E-state index contributed by atoms with van der Waals surface area (Å²) in [6.07, 6.45) is -5.21. The first kappa shape index (κ1) is 37.0. The van der Waals surface area contributed by atoms with E-state index >= 15 is 8.78 Å². The van der Waals surface area contributed by atoms with Crippen molar-refractivity contribution in [2.24, 2.45) is 0 Å². The molecule has 14 heteroatoms. The molecule has 0 amide bonds. The quantitative estimate of drug-likeness (QED) is 0.0902. The molecule has 0 spiro atoms. The summed E-state index contributed by atoms with van der Waals surface area (Å²) in [5, 5.41) is 3.40. The van der Waals surface area contributed by atoms with Crippen molar-refractivity contribution in [3.63, 3.8) is 0 Å². The molecule has 2 unspecified atom stereocenters. The van der Waals surface area contributed by atoms with Gasteiger partial charge in [0.2, 0.25) is 0 Å². The smallest absolute Gasteiger partial charge is 0.416 e. The third kappa shape index (κ3) is 7.55. The minimum Gasteiger partial charge on any atom is -0.494 e. The van der Waals surface area contributed by atoms with Crippen LogP contribution in [0.4, 0.5) is 30.7 Å². The average Bonchev–Trinajstić information content (AvgIpc) is 3.48. The summed E-state index contributed by atoms with van der Waals surface area (Å²) in [4.78, 5) is 26.5. The maximum atomic E-state index is 15.8. The Balaban J connectivity index is 1.73. The van der Waals surface area contributed by atoms with Gasteiger partial charge < -0.3 is 14.8 Å². The van der Waals surface area contributed by atoms with Crippen LogP contribution in [0.25, 0.3) is 11.1 Å². The first-order valence-electron chi connectivity index (χ1n) is 15.7. The number of methoxy groups -OCH3 is 1. The number of alkyl halides is 3. The number of carbonyl (C=O) groups is 1. The minimum absolute atomic E-state index is 0.0355. The molecular weight excluding hydrogens is 689 g/mol. The molecule has 5 rings (SSSR count). The van der Waals surface area contributed by atoms with Crippen LogP contribution in [0.2, 0.25) is 0 Å². The van der Waals surface area contributed by atoms with Gasteiger partial charge in [0, 0.05) is 35.8 Å². The van der Waals surface area contributed by atoms with Gasteiger partial charge in [0.25, 0.3) is 5.56 Å². The van der Waals surface area contributed by atoms with Gasteiger partial charge in [-0.15, -0.1) is 11.8 Å². The minimum atomic E-state index is -4.91. The Labute approximate surface area is 287 Å². The number of hydrogen-bond donors (Lipinski definition) is 1. The van der Waals surface area contributed by atoms with Crippen LogP contribution >= 0.6 is 11.8 Å². The summed E-state index contributed by atoms with van der Waals surface area (Å²) in [6.45, 7) is 3.45. The van der Waals surface area contributed by atoms with E-state index in [0.29, 0.717) is 6.07 Å². The fraction of sp³-hybridized carbons (Fsp3) is 0.333. The molecule has 1 aliphatic heterocycles. The van der Waals surface area contributed by atoms with Crippen LogP contribution in [0.5, 0.6) is 5.75 Å². The third-order valence-corrected chi connectivity index (χ3v) is 9.77. The number of thioether (sulfide) groups is 1. The molecule has 2 heterocycles. The summed E-state index contributed by atoms with van der Waals surface area (Å²) in [5.41, 5.74) is -2.57. The molecule has 6 nitrogen and oxygen atoms in total. The van der Waals surface area contributed by atoms with Gasteiger partial charge >= 0.3 is 12.1 Å². The number of nitrogens with one attached hydrogen (secondary N) is 1. The number of carbonyl (C=O) groups excluding carboxylic acids is 1. The molecule has 0 radical (unpaired) electrons. The Bertz CT molecular complexity index is 1940. The SMILES string of the molecule is CCOC(=O)CCCNC(c1cc(F)cc(F)c1)C1CSc2c(Cc3c(F)cccc3C(F)(F)F)c(C)c(-c3cccc(OC)c3F)c(=O)n21. The molecule has 2 atom stereocenters. The molecular formula is C36H33F7N2O4S. The summed E-state index contributed by atoms with van der Waals surface area (Å²) in [7, 11) is 1.23. The lowest BCUT2D eigenvalue weighted by atomic mass is 9.91. The number of nitrogens with zero attached hydrogens (tertiary/aromatic N) is 1. The number of pyridine rings is 1. The van der Waals surface area contributed by atoms with E-state index in [-0.39, 0.29) is 70.3 Å². The Morgan fingerprint density at radius 1 is 1.04 bits per heavy atom. The fourth-order valence-electron chi connectivity index (χ4n) is 6.29. The first-order chi connectivity index (χ1) is 23.8. The number of esters is 1. The summed E-state index contributed by atoms with van der Waals surface area (Å²) < 4.78 is 114. The predicted octanol–water partition coefficient (Wildman–Crippen LogP) is 8.32. The van der Waals surface area contributed by atoms with Crippen molar-refractivity contribution >= 4 is 17.7 Å². The molecule has 0 saturated heterocycles. The van der Waals surface area contributed by atoms with Crippen molar-refractivity contribution in [3.05, 3.63) is 116 Å². The van der Waals surface area contributed by atoms with Gasteiger partial charge in [0.15, 0.2) is 11.6 Å². The fourth-order valence-corrected chi connectivity index (χ4v) is 7.72. The number of rotatable bonds is 12. The highest BCUT2D eigenvalue weighted by Crippen LogP contribution is 2.45. The molecule has 1 aliphatic rings. The van der Waals surface area contributed by atoms with E-state index in [0.717, 1.165) is 42.1 Å². The number of aromatic nitrogens is 1. The van der Waals surface area contributed by atoms with Gasteiger partial charge in [-0.1, -0.05) is 18.2 Å². The lowest BCUT2D eigenvalue weighted by molar-refractivity contribution is -0.143. The Hall–Kier alpha value is -4.30. The van der Waals surface area contributed by atoms with Crippen molar-refractivity contribution in [3.8, 4) is 16.9 Å². The Morgan fingerprint density at radius 3 is 2.40 bits per heavy atom. The number of fused-ring (bicyclic) bond motifs is 1. The molecule has 1 N–H and O–H groups in total. The Morgan fingerprint density at radius 2 is 1.74 bits per heavy atom. The number of benzene rings is 3. The molecule has 1 aromatic heterocycles. The van der Waals surface area contributed by atoms with E-state index in [1.165, 1.54) is 36.8 Å². The van der Waals surface area contributed by atoms with Crippen LogP contribution in [0, 0.1) is 30.2 Å². The summed E-state index contributed by atoms with van der Waals surface area (Å²) in [5.74, 6) is -4.33. The van der Waals surface area contributed by atoms with Crippen LogP contribution in [0.1, 0.15) is 59.7 Å². The standard InChI is InChI=1S/C36H33F7N2O4S/c1-4-49-30(46)12-7-13-44-33(20-14-21(37)16-22(38)15-20)28-18-50-35-24(17-25-26(36(41,42)43)9-6-10-27(25)39)19(2)31(34(47)45(28)35)23-8-5-11-29(48-3)32(23)40/h5-6,8-11,14-16,28,33,44H,4,7,12-13,17-18H2,1-3H3. The van der Waals surface area contributed by atoms with Crippen molar-refractivity contribution < 1.29 is 45.0 Å². The highest BCUT2D eigenvalue weighted by molar-refractivity contribution is 7.99. The Kier molecular flexibility index (Phi) is 11.3. The monoisotopic (exact) mass is 722 g/mol. The number of ether oxygens (including phenoxy) is 2. The maximum absolute atomic E-state index is 15.8. The van der Waals surface area contributed by atoms with Gasteiger partial charge in [-0.25, -0.2) is 17.6 Å². The van der Waals surface area contributed by atoms with Crippen LogP contribution < -0.4 is 15.6 Å². The first-order valence-corrected chi connectivity index (χ1v) is 16.7. The second-order valence-corrected chi connectivity index (χ2v) is 12.7. The second kappa shape index (κ2) is 15.3. The molecule has 4 aromatic rings. The van der Waals surface area contributed by atoms with E-state index in [9.17, 15) is 31.5 Å². The van der Waals surface area contributed by atoms with Gasteiger partial charge in [-0.2, -0.15) is 13.2 Å². The molecule has 0 aliphatic carbocycles. The number of hydrogen-bond acceptors (Lipinski definition) is 6. The molecule has 266 valence electrons. The highest BCUT2D eigenvalue weighted by Gasteiger charge is 2.39. The average molecular weight is 723 g/mol. The van der Waals surface area contributed by atoms with Crippen molar-refractivity contribution in [2.45, 2.75) is 56.4 Å². The van der Waals surface area contributed by atoms with Gasteiger partial charge in [0.1, 0.15) is 17.5 Å². The molecule has 50 heavy (non-hydrogen) atoms. The van der Waals surface area contributed by atoms with Crippen molar-refractivity contribution in [1.82, 2.24) is 9.88 Å². The van der Waals surface area contributed by atoms with Crippen LogP contribution in [-0.2, 0) is 22.1 Å². The van der Waals surface area contributed by atoms with E-state index in [4.69, 9.17) is 9.47 Å². The lowest BCUT2D eigenvalue weighted by Crippen LogP contribution is -2.36. The number of halogens is 7. The molecule has 0 saturated carbocycles. The lowest BCUT2D eigenvalue weighted by Gasteiger charge is -2.28.